The Morgan fingerprint density at radius 1 is 1.27 bits per heavy atom. The molecule has 0 aromatic heterocycles. The van der Waals surface area contributed by atoms with E-state index in [9.17, 15) is 13.2 Å². The number of methoxy groups -OCH3 is 1. The summed E-state index contributed by atoms with van der Waals surface area (Å²) >= 11 is 6.12. The maximum atomic E-state index is 12.3. The highest BCUT2D eigenvalue weighted by molar-refractivity contribution is 7.92. The average Bonchev–Trinajstić information content (AvgIpc) is 2.69. The Labute approximate surface area is 182 Å². The molecule has 0 aliphatic heterocycles. The smallest absolute Gasteiger partial charge is 0.232 e. The molecule has 2 aromatic carbocycles. The first-order valence-corrected chi connectivity index (χ1v) is 11.4. The largest absolute Gasteiger partial charge is 0.495 e. The van der Waals surface area contributed by atoms with Gasteiger partial charge in [-0.1, -0.05) is 30.3 Å². The van der Waals surface area contributed by atoms with E-state index in [2.05, 4.69) is 11.9 Å². The lowest BCUT2D eigenvalue weighted by Crippen LogP contribution is -2.31. The van der Waals surface area contributed by atoms with Crippen LogP contribution in [0.1, 0.15) is 12.8 Å². The molecule has 1 N–H and O–H groups in total. The second kappa shape index (κ2) is 10.9. The van der Waals surface area contributed by atoms with Crippen molar-refractivity contribution in [3.8, 4) is 11.5 Å². The van der Waals surface area contributed by atoms with Gasteiger partial charge in [-0.15, -0.1) is 0 Å². The summed E-state index contributed by atoms with van der Waals surface area (Å²) in [5, 5.41) is 3.09. The van der Waals surface area contributed by atoms with Gasteiger partial charge in [0.1, 0.15) is 18.1 Å². The minimum Gasteiger partial charge on any atom is -0.495 e. The van der Waals surface area contributed by atoms with E-state index < -0.39 is 10.0 Å². The number of rotatable bonds is 11. The van der Waals surface area contributed by atoms with Crippen LogP contribution in [0.3, 0.4) is 0 Å². The van der Waals surface area contributed by atoms with Gasteiger partial charge in [-0.25, -0.2) is 8.42 Å². The minimum absolute atomic E-state index is 0.136. The third kappa shape index (κ3) is 6.96. The van der Waals surface area contributed by atoms with Gasteiger partial charge < -0.3 is 14.8 Å². The summed E-state index contributed by atoms with van der Waals surface area (Å²) in [6.45, 7) is 4.10. The molecule has 9 heteroatoms. The molecule has 0 atom stereocenters. The number of nitrogens with zero attached hydrogens (tertiary/aromatic N) is 1. The van der Waals surface area contributed by atoms with Crippen molar-refractivity contribution in [1.29, 1.82) is 0 Å². The van der Waals surface area contributed by atoms with E-state index in [1.165, 1.54) is 17.5 Å². The Bertz CT molecular complexity index is 995. The predicted octanol–water partition coefficient (Wildman–Crippen LogP) is 4.10. The molecule has 1 amide bonds. The summed E-state index contributed by atoms with van der Waals surface area (Å²) < 4.78 is 36.2. The second-order valence-corrected chi connectivity index (χ2v) is 8.75. The van der Waals surface area contributed by atoms with Crippen LogP contribution in [0.25, 0.3) is 0 Å². The Morgan fingerprint density at radius 3 is 2.67 bits per heavy atom. The van der Waals surface area contributed by atoms with Gasteiger partial charge in [-0.05, 0) is 36.8 Å². The van der Waals surface area contributed by atoms with Crippen molar-refractivity contribution in [2.75, 3.05) is 36.1 Å². The van der Waals surface area contributed by atoms with Gasteiger partial charge in [-0.3, -0.25) is 9.10 Å². The van der Waals surface area contributed by atoms with Gasteiger partial charge in [0.25, 0.3) is 0 Å². The maximum absolute atomic E-state index is 12.3. The van der Waals surface area contributed by atoms with Crippen molar-refractivity contribution < 1.29 is 22.7 Å². The number of ether oxygens (including phenoxy) is 2. The van der Waals surface area contributed by atoms with Crippen molar-refractivity contribution in [2.45, 2.75) is 12.8 Å². The van der Waals surface area contributed by atoms with Gasteiger partial charge in [-0.2, -0.15) is 0 Å². The molecule has 0 saturated heterocycles. The molecule has 0 radical (unpaired) electrons. The van der Waals surface area contributed by atoms with Gasteiger partial charge in [0, 0.05) is 24.7 Å². The molecule has 30 heavy (non-hydrogen) atoms. The van der Waals surface area contributed by atoms with Crippen LogP contribution in [0, 0.1) is 0 Å². The number of anilines is 2. The van der Waals surface area contributed by atoms with Gasteiger partial charge in [0.15, 0.2) is 0 Å². The molecule has 0 fully saturated rings. The number of halogens is 1. The van der Waals surface area contributed by atoms with E-state index in [1.54, 1.807) is 42.5 Å². The topological polar surface area (TPSA) is 84.9 Å². The molecular formula is C21H25ClN2O5S. The number of carbonyl (C=O) groups is 1. The summed E-state index contributed by atoms with van der Waals surface area (Å²) in [5.41, 5.74) is 1.01. The Kier molecular flexibility index (Phi) is 8.56. The monoisotopic (exact) mass is 452 g/mol. The number of benzene rings is 2. The zero-order valence-corrected chi connectivity index (χ0v) is 18.5. The molecule has 7 nitrogen and oxygen atoms in total. The van der Waals surface area contributed by atoms with Crippen LogP contribution in [0.5, 0.6) is 11.5 Å². The van der Waals surface area contributed by atoms with Crippen LogP contribution in [0.15, 0.2) is 55.1 Å². The highest BCUT2D eigenvalue weighted by Crippen LogP contribution is 2.30. The van der Waals surface area contributed by atoms with Crippen LogP contribution in [-0.4, -0.2) is 40.8 Å². The SMILES string of the molecule is C=CCOc1cccc(NC(=O)CCCN(c2ccc(OC)c(Cl)c2)S(C)(=O)=O)c1. The average molecular weight is 453 g/mol. The standard InChI is InChI=1S/C21H25ClN2O5S/c1-4-13-29-18-8-5-7-16(14-18)23-21(25)9-6-12-24(30(3,26)27)17-10-11-20(28-2)19(22)15-17/h4-5,7-8,10-11,14-15H,1,6,9,12-13H2,2-3H3,(H,23,25). The molecule has 0 heterocycles. The fourth-order valence-corrected chi connectivity index (χ4v) is 3.93. The van der Waals surface area contributed by atoms with Gasteiger partial charge >= 0.3 is 0 Å². The van der Waals surface area contributed by atoms with Crippen LogP contribution < -0.4 is 19.1 Å². The summed E-state index contributed by atoms with van der Waals surface area (Å²) in [4.78, 5) is 12.3. The number of hydrogen-bond donors (Lipinski definition) is 1. The molecule has 0 aliphatic rings. The first-order valence-electron chi connectivity index (χ1n) is 9.19. The lowest BCUT2D eigenvalue weighted by atomic mass is 10.2. The quantitative estimate of drug-likeness (QED) is 0.519. The predicted molar refractivity (Wildman–Crippen MR) is 120 cm³/mol. The van der Waals surface area contributed by atoms with Crippen molar-refractivity contribution >= 4 is 38.9 Å². The highest BCUT2D eigenvalue weighted by atomic mass is 35.5. The first kappa shape index (κ1) is 23.6. The van der Waals surface area contributed by atoms with Crippen LogP contribution in [0.4, 0.5) is 11.4 Å². The molecular weight excluding hydrogens is 428 g/mol. The number of nitrogens with one attached hydrogen (secondary N) is 1. The number of hydrogen-bond acceptors (Lipinski definition) is 5. The molecule has 2 aromatic rings. The zero-order chi connectivity index (χ0) is 22.1. The fourth-order valence-electron chi connectivity index (χ4n) is 2.72. The van der Waals surface area contributed by atoms with Crippen LogP contribution >= 0.6 is 11.6 Å². The molecule has 2 rings (SSSR count). The number of amides is 1. The Balaban J connectivity index is 1.97. The summed E-state index contributed by atoms with van der Waals surface area (Å²) in [6, 6.07) is 11.8. The summed E-state index contributed by atoms with van der Waals surface area (Å²) in [7, 11) is -2.07. The molecule has 0 spiro atoms. The normalized spacial score (nSPS) is 10.9. The van der Waals surface area contributed by atoms with E-state index in [0.717, 1.165) is 6.26 Å². The third-order valence-corrected chi connectivity index (χ3v) is 5.56. The minimum atomic E-state index is -3.55. The second-order valence-electron chi connectivity index (χ2n) is 6.43. The Morgan fingerprint density at radius 2 is 2.03 bits per heavy atom. The number of sulfonamides is 1. The zero-order valence-electron chi connectivity index (χ0n) is 16.9. The lowest BCUT2D eigenvalue weighted by molar-refractivity contribution is -0.116. The van der Waals surface area contributed by atoms with Gasteiger partial charge in [0.2, 0.25) is 15.9 Å². The lowest BCUT2D eigenvalue weighted by Gasteiger charge is -2.23. The fraction of sp³-hybridized carbons (Fsp3) is 0.286. The highest BCUT2D eigenvalue weighted by Gasteiger charge is 2.19. The molecule has 162 valence electrons. The van der Waals surface area contributed by atoms with Crippen molar-refractivity contribution in [2.24, 2.45) is 0 Å². The van der Waals surface area contributed by atoms with Crippen LogP contribution in [-0.2, 0) is 14.8 Å². The maximum Gasteiger partial charge on any atom is 0.232 e. The van der Waals surface area contributed by atoms with E-state index in [4.69, 9.17) is 21.1 Å². The van der Waals surface area contributed by atoms with E-state index in [1.807, 2.05) is 0 Å². The summed E-state index contributed by atoms with van der Waals surface area (Å²) in [5.74, 6) is 0.844. The van der Waals surface area contributed by atoms with Crippen molar-refractivity contribution in [3.63, 3.8) is 0 Å². The molecule has 0 unspecified atom stereocenters. The Hall–Kier alpha value is -2.71. The van der Waals surface area contributed by atoms with Crippen molar-refractivity contribution in [1.82, 2.24) is 0 Å². The third-order valence-electron chi connectivity index (χ3n) is 4.07. The van der Waals surface area contributed by atoms with E-state index in [0.29, 0.717) is 40.9 Å². The first-order chi connectivity index (χ1) is 14.2. The number of carbonyl (C=O) groups excluding carboxylic acids is 1. The van der Waals surface area contributed by atoms with Crippen LogP contribution in [0.2, 0.25) is 5.02 Å². The van der Waals surface area contributed by atoms with E-state index >= 15 is 0 Å². The molecule has 0 aliphatic carbocycles. The molecule has 0 saturated carbocycles. The molecule has 0 bridgehead atoms. The van der Waals surface area contributed by atoms with Gasteiger partial charge in [0.05, 0.1) is 24.1 Å². The van der Waals surface area contributed by atoms with Crippen molar-refractivity contribution in [3.05, 3.63) is 60.1 Å². The van der Waals surface area contributed by atoms with E-state index in [-0.39, 0.29) is 18.9 Å². The summed E-state index contributed by atoms with van der Waals surface area (Å²) in [6.07, 6.45) is 3.22.